The Kier molecular flexibility index (Phi) is 5.79. The highest BCUT2D eigenvalue weighted by Gasteiger charge is 2.15. The van der Waals surface area contributed by atoms with Gasteiger partial charge in [-0.05, 0) is 42.8 Å². The van der Waals surface area contributed by atoms with Crippen LogP contribution in [0.5, 0.6) is 0 Å². The third kappa shape index (κ3) is 4.47. The van der Waals surface area contributed by atoms with E-state index in [2.05, 4.69) is 15.0 Å². The Morgan fingerprint density at radius 1 is 1.10 bits per heavy atom. The van der Waals surface area contributed by atoms with Crippen LogP contribution < -0.4 is 16.2 Å². The van der Waals surface area contributed by atoms with Crippen molar-refractivity contribution in [3.8, 4) is 5.69 Å². The number of nitrogens with two attached hydrogens (primary N) is 1. The van der Waals surface area contributed by atoms with Gasteiger partial charge >= 0.3 is 0 Å². The lowest BCUT2D eigenvalue weighted by Crippen LogP contribution is -2.22. The van der Waals surface area contributed by atoms with Crippen molar-refractivity contribution >= 4 is 46.2 Å². The summed E-state index contributed by atoms with van der Waals surface area (Å²) in [6, 6.07) is 12.8. The molecular weight excluding hydrogens is 434 g/mol. The van der Waals surface area contributed by atoms with Gasteiger partial charge in [0.2, 0.25) is 11.9 Å². The van der Waals surface area contributed by atoms with E-state index in [0.29, 0.717) is 38.6 Å². The first-order valence-corrected chi connectivity index (χ1v) is 10.8. The van der Waals surface area contributed by atoms with E-state index >= 15 is 0 Å². The predicted molar refractivity (Wildman–Crippen MR) is 125 cm³/mol. The molecule has 0 bridgehead atoms. The quantitative estimate of drug-likeness (QED) is 0.362. The molecule has 0 saturated carbocycles. The van der Waals surface area contributed by atoms with Crippen molar-refractivity contribution in [1.82, 2.24) is 24.5 Å². The molecule has 0 atom stereocenters. The summed E-state index contributed by atoms with van der Waals surface area (Å²) in [7, 11) is 3.66. The molecule has 0 fully saturated rings. The molecule has 8 nitrogen and oxygen atoms in total. The molecule has 0 unspecified atom stereocenters. The van der Waals surface area contributed by atoms with Crippen molar-refractivity contribution in [2.75, 3.05) is 24.7 Å². The van der Waals surface area contributed by atoms with Crippen molar-refractivity contribution in [3.05, 3.63) is 69.2 Å². The number of aryl methyl sites for hydroxylation is 1. The standard InChI is InChI=1S/C21H20ClN7OS/c1-12-5-4-6-14(9-12)29-18(30)15-8-7-13(22)10-16(15)24-21(29)31-11-17-25-19(23)27-20(26-17)28(2)3/h4-10H,11H2,1-3H3,(H2,23,25,26,27). The van der Waals surface area contributed by atoms with E-state index in [1.807, 2.05) is 45.3 Å². The fourth-order valence-electron chi connectivity index (χ4n) is 3.05. The number of nitrogen functional groups attached to an aromatic ring is 1. The van der Waals surface area contributed by atoms with Gasteiger partial charge in [0.1, 0.15) is 5.82 Å². The topological polar surface area (TPSA) is 103 Å². The lowest BCUT2D eigenvalue weighted by Gasteiger charge is -2.14. The summed E-state index contributed by atoms with van der Waals surface area (Å²) in [6.45, 7) is 1.98. The van der Waals surface area contributed by atoms with Crippen molar-refractivity contribution in [2.24, 2.45) is 0 Å². The Morgan fingerprint density at radius 2 is 1.90 bits per heavy atom. The summed E-state index contributed by atoms with van der Waals surface area (Å²) in [5.41, 5.74) is 7.98. The first-order valence-electron chi connectivity index (χ1n) is 9.42. The minimum Gasteiger partial charge on any atom is -0.368 e. The summed E-state index contributed by atoms with van der Waals surface area (Å²) in [5, 5.41) is 1.52. The van der Waals surface area contributed by atoms with Crippen LogP contribution in [0.1, 0.15) is 11.4 Å². The number of aromatic nitrogens is 5. The highest BCUT2D eigenvalue weighted by Crippen LogP contribution is 2.25. The van der Waals surface area contributed by atoms with E-state index in [9.17, 15) is 4.79 Å². The Labute approximate surface area is 188 Å². The van der Waals surface area contributed by atoms with Gasteiger partial charge in [0, 0.05) is 19.1 Å². The third-order valence-corrected chi connectivity index (χ3v) is 5.65. The molecule has 0 radical (unpaired) electrons. The molecule has 0 aliphatic carbocycles. The number of rotatable bonds is 5. The third-order valence-electron chi connectivity index (χ3n) is 4.48. The Balaban J connectivity index is 1.82. The van der Waals surface area contributed by atoms with E-state index < -0.39 is 0 Å². The van der Waals surface area contributed by atoms with Gasteiger partial charge < -0.3 is 10.6 Å². The molecule has 2 aromatic heterocycles. The number of hydrogen-bond acceptors (Lipinski definition) is 8. The maximum Gasteiger partial charge on any atom is 0.266 e. The number of thioether (sulfide) groups is 1. The van der Waals surface area contributed by atoms with Gasteiger partial charge in [-0.15, -0.1) is 0 Å². The molecule has 2 aromatic carbocycles. The zero-order valence-electron chi connectivity index (χ0n) is 17.2. The number of fused-ring (bicyclic) bond motifs is 1. The predicted octanol–water partition coefficient (Wildman–Crippen LogP) is 3.47. The van der Waals surface area contributed by atoms with E-state index in [-0.39, 0.29) is 11.5 Å². The van der Waals surface area contributed by atoms with Crippen LogP contribution in [-0.2, 0) is 5.75 Å². The van der Waals surface area contributed by atoms with Crippen LogP contribution in [0, 0.1) is 6.92 Å². The van der Waals surface area contributed by atoms with Gasteiger partial charge in [0.25, 0.3) is 5.56 Å². The minimum absolute atomic E-state index is 0.142. The molecule has 2 N–H and O–H groups in total. The lowest BCUT2D eigenvalue weighted by molar-refractivity contribution is 0.817. The second-order valence-corrected chi connectivity index (χ2v) is 8.51. The molecule has 10 heteroatoms. The van der Waals surface area contributed by atoms with Crippen molar-refractivity contribution < 1.29 is 0 Å². The molecule has 2 heterocycles. The Hall–Kier alpha value is -3.17. The van der Waals surface area contributed by atoms with Gasteiger partial charge in [-0.25, -0.2) is 4.98 Å². The first-order chi connectivity index (χ1) is 14.8. The summed E-state index contributed by atoms with van der Waals surface area (Å²) in [5.74, 6) is 1.47. The van der Waals surface area contributed by atoms with Gasteiger partial charge in [-0.3, -0.25) is 9.36 Å². The fraction of sp³-hybridized carbons (Fsp3) is 0.190. The maximum absolute atomic E-state index is 13.4. The van der Waals surface area contributed by atoms with Crippen LogP contribution >= 0.6 is 23.4 Å². The molecule has 0 spiro atoms. The summed E-state index contributed by atoms with van der Waals surface area (Å²) < 4.78 is 1.60. The van der Waals surface area contributed by atoms with Crippen LogP contribution in [0.3, 0.4) is 0 Å². The van der Waals surface area contributed by atoms with Crippen LogP contribution in [0.2, 0.25) is 5.02 Å². The molecule has 4 rings (SSSR count). The summed E-state index contributed by atoms with van der Waals surface area (Å²) in [6.07, 6.45) is 0. The van der Waals surface area contributed by atoms with Gasteiger partial charge in [0.15, 0.2) is 5.16 Å². The molecule has 0 amide bonds. The van der Waals surface area contributed by atoms with E-state index in [4.69, 9.17) is 22.3 Å². The van der Waals surface area contributed by atoms with Crippen LogP contribution in [-0.4, -0.2) is 38.6 Å². The first kappa shape index (κ1) is 21.1. The zero-order chi connectivity index (χ0) is 22.1. The lowest BCUT2D eigenvalue weighted by atomic mass is 10.2. The van der Waals surface area contributed by atoms with Crippen LogP contribution in [0.4, 0.5) is 11.9 Å². The largest absolute Gasteiger partial charge is 0.368 e. The highest BCUT2D eigenvalue weighted by molar-refractivity contribution is 7.98. The molecule has 4 aromatic rings. The number of nitrogens with zero attached hydrogens (tertiary/aromatic N) is 6. The number of anilines is 2. The zero-order valence-corrected chi connectivity index (χ0v) is 18.8. The van der Waals surface area contributed by atoms with Crippen molar-refractivity contribution in [3.63, 3.8) is 0 Å². The second kappa shape index (κ2) is 8.52. The molecule has 31 heavy (non-hydrogen) atoms. The Bertz CT molecular complexity index is 1340. The normalized spacial score (nSPS) is 11.1. The van der Waals surface area contributed by atoms with Gasteiger partial charge in [-0.1, -0.05) is 35.5 Å². The average molecular weight is 454 g/mol. The molecule has 158 valence electrons. The molecule has 0 saturated heterocycles. The smallest absolute Gasteiger partial charge is 0.266 e. The fourth-order valence-corrected chi connectivity index (χ4v) is 4.08. The number of halogens is 1. The summed E-state index contributed by atoms with van der Waals surface area (Å²) >= 11 is 7.48. The maximum atomic E-state index is 13.4. The van der Waals surface area contributed by atoms with E-state index in [0.717, 1.165) is 11.3 Å². The Morgan fingerprint density at radius 3 is 2.65 bits per heavy atom. The SMILES string of the molecule is Cc1cccc(-n2c(SCc3nc(N)nc(N(C)C)n3)nc3cc(Cl)ccc3c2=O)c1. The number of hydrogen-bond donors (Lipinski definition) is 1. The van der Waals surface area contributed by atoms with Gasteiger partial charge in [0.05, 0.1) is 22.3 Å². The van der Waals surface area contributed by atoms with Gasteiger partial charge in [-0.2, -0.15) is 15.0 Å². The van der Waals surface area contributed by atoms with Crippen LogP contribution in [0.15, 0.2) is 52.4 Å². The summed E-state index contributed by atoms with van der Waals surface area (Å²) in [4.78, 5) is 32.6. The van der Waals surface area contributed by atoms with Crippen LogP contribution in [0.25, 0.3) is 16.6 Å². The second-order valence-electron chi connectivity index (χ2n) is 7.13. The van der Waals surface area contributed by atoms with Crippen molar-refractivity contribution in [2.45, 2.75) is 17.8 Å². The van der Waals surface area contributed by atoms with Crippen molar-refractivity contribution in [1.29, 1.82) is 0 Å². The van der Waals surface area contributed by atoms with E-state index in [1.54, 1.807) is 27.7 Å². The monoisotopic (exact) mass is 453 g/mol. The minimum atomic E-state index is -0.168. The molecular formula is C21H20ClN7OS. The number of benzene rings is 2. The molecule has 0 aliphatic rings. The van der Waals surface area contributed by atoms with E-state index in [1.165, 1.54) is 11.8 Å². The average Bonchev–Trinajstić information content (AvgIpc) is 2.71. The highest BCUT2D eigenvalue weighted by atomic mass is 35.5. The molecule has 0 aliphatic heterocycles.